The van der Waals surface area contributed by atoms with Crippen LogP contribution in [0.1, 0.15) is 23.2 Å². The van der Waals surface area contributed by atoms with Crippen LogP contribution in [0.15, 0.2) is 24.3 Å². The van der Waals surface area contributed by atoms with Gasteiger partial charge in [-0.25, -0.2) is 0 Å². The fourth-order valence-corrected chi connectivity index (χ4v) is 1.95. The first kappa shape index (κ1) is 14.6. The predicted molar refractivity (Wildman–Crippen MR) is 64.4 cm³/mol. The van der Waals surface area contributed by atoms with E-state index in [9.17, 15) is 18.0 Å². The minimum absolute atomic E-state index is 0.0199. The van der Waals surface area contributed by atoms with Gasteiger partial charge in [-0.2, -0.15) is 0 Å². The van der Waals surface area contributed by atoms with Gasteiger partial charge in [-0.3, -0.25) is 4.79 Å². The molecule has 1 N–H and O–H groups in total. The Morgan fingerprint density at radius 1 is 1.45 bits per heavy atom. The molecule has 0 radical (unpaired) electrons. The van der Waals surface area contributed by atoms with E-state index in [1.165, 1.54) is 12.1 Å². The number of halogens is 3. The van der Waals surface area contributed by atoms with Crippen molar-refractivity contribution in [2.24, 2.45) is 0 Å². The third-order valence-electron chi connectivity index (χ3n) is 2.84. The number of ether oxygens (including phenoxy) is 2. The van der Waals surface area contributed by atoms with Gasteiger partial charge in [0, 0.05) is 18.7 Å². The van der Waals surface area contributed by atoms with Crippen LogP contribution in [-0.4, -0.2) is 31.5 Å². The van der Waals surface area contributed by atoms with Gasteiger partial charge in [0.25, 0.3) is 5.91 Å². The quantitative estimate of drug-likeness (QED) is 0.926. The summed E-state index contributed by atoms with van der Waals surface area (Å²) in [6.07, 6.45) is -2.96. The second-order valence-corrected chi connectivity index (χ2v) is 4.42. The maximum Gasteiger partial charge on any atom is 0.573 e. The second-order valence-electron chi connectivity index (χ2n) is 4.42. The second kappa shape index (κ2) is 6.13. The summed E-state index contributed by atoms with van der Waals surface area (Å²) in [5.41, 5.74) is 0.116. The summed E-state index contributed by atoms with van der Waals surface area (Å²) in [6, 6.07) is 4.96. The summed E-state index contributed by atoms with van der Waals surface area (Å²) >= 11 is 0. The Balaban J connectivity index is 1.93. The lowest BCUT2D eigenvalue weighted by Gasteiger charge is -2.12. The van der Waals surface area contributed by atoms with Crippen LogP contribution in [-0.2, 0) is 4.74 Å². The van der Waals surface area contributed by atoms with Crippen LogP contribution in [0.4, 0.5) is 13.2 Å². The van der Waals surface area contributed by atoms with E-state index >= 15 is 0 Å². The Kier molecular flexibility index (Phi) is 4.49. The van der Waals surface area contributed by atoms with Crippen molar-refractivity contribution in [1.82, 2.24) is 5.32 Å². The highest BCUT2D eigenvalue weighted by Gasteiger charge is 2.31. The van der Waals surface area contributed by atoms with Crippen molar-refractivity contribution in [2.45, 2.75) is 25.3 Å². The average Bonchev–Trinajstić information content (AvgIpc) is 2.87. The highest BCUT2D eigenvalue weighted by Crippen LogP contribution is 2.23. The molecular formula is C13H14F3NO3. The molecule has 1 saturated heterocycles. The molecule has 1 amide bonds. The topological polar surface area (TPSA) is 47.6 Å². The fraction of sp³-hybridized carbons (Fsp3) is 0.462. The van der Waals surface area contributed by atoms with Crippen molar-refractivity contribution in [2.75, 3.05) is 13.2 Å². The standard InChI is InChI=1S/C13H14F3NO3/c14-13(15,16)20-10-4-1-3-9(7-10)12(18)17-8-11-5-2-6-19-11/h1,3-4,7,11H,2,5-6,8H2,(H,17,18). The third kappa shape index (κ3) is 4.41. The first-order valence-corrected chi connectivity index (χ1v) is 6.20. The van der Waals surface area contributed by atoms with Crippen molar-refractivity contribution < 1.29 is 27.4 Å². The molecule has 1 aromatic rings. The predicted octanol–water partition coefficient (Wildman–Crippen LogP) is 2.49. The zero-order chi connectivity index (χ0) is 14.6. The molecule has 1 unspecified atom stereocenters. The Hall–Kier alpha value is -1.76. The molecule has 1 heterocycles. The summed E-state index contributed by atoms with van der Waals surface area (Å²) in [6.45, 7) is 1.03. The van der Waals surface area contributed by atoms with Crippen molar-refractivity contribution >= 4 is 5.91 Å². The van der Waals surface area contributed by atoms with E-state index in [0.29, 0.717) is 13.2 Å². The number of carbonyl (C=O) groups is 1. The maximum absolute atomic E-state index is 12.1. The lowest BCUT2D eigenvalue weighted by atomic mass is 10.2. The summed E-state index contributed by atoms with van der Waals surface area (Å²) in [4.78, 5) is 11.8. The minimum atomic E-state index is -4.77. The molecule has 1 fully saturated rings. The number of benzene rings is 1. The van der Waals surface area contributed by atoms with Gasteiger partial charge in [-0.05, 0) is 31.0 Å². The molecular weight excluding hydrogens is 275 g/mol. The summed E-state index contributed by atoms with van der Waals surface area (Å²) in [7, 11) is 0. The highest BCUT2D eigenvalue weighted by atomic mass is 19.4. The van der Waals surface area contributed by atoms with Crippen LogP contribution >= 0.6 is 0 Å². The van der Waals surface area contributed by atoms with Crippen LogP contribution in [0, 0.1) is 0 Å². The zero-order valence-corrected chi connectivity index (χ0v) is 10.6. The molecule has 2 rings (SSSR count). The molecule has 1 aromatic carbocycles. The normalized spacial score (nSPS) is 18.9. The first-order chi connectivity index (χ1) is 9.44. The highest BCUT2D eigenvalue weighted by molar-refractivity contribution is 5.94. The lowest BCUT2D eigenvalue weighted by molar-refractivity contribution is -0.274. The van der Waals surface area contributed by atoms with E-state index in [2.05, 4.69) is 10.1 Å². The van der Waals surface area contributed by atoms with Crippen LogP contribution in [0.25, 0.3) is 0 Å². The molecule has 110 valence electrons. The largest absolute Gasteiger partial charge is 0.573 e. The molecule has 0 bridgehead atoms. The van der Waals surface area contributed by atoms with Crippen LogP contribution in [0.3, 0.4) is 0 Å². The smallest absolute Gasteiger partial charge is 0.406 e. The Morgan fingerprint density at radius 3 is 2.90 bits per heavy atom. The van der Waals surface area contributed by atoms with Crippen molar-refractivity contribution in [3.63, 3.8) is 0 Å². The third-order valence-corrected chi connectivity index (χ3v) is 2.84. The molecule has 0 aliphatic carbocycles. The number of nitrogens with one attached hydrogen (secondary N) is 1. The minimum Gasteiger partial charge on any atom is -0.406 e. The number of rotatable bonds is 4. The van der Waals surface area contributed by atoms with Gasteiger partial charge in [-0.15, -0.1) is 13.2 Å². The molecule has 0 saturated carbocycles. The number of carbonyl (C=O) groups excluding carboxylic acids is 1. The van der Waals surface area contributed by atoms with Crippen molar-refractivity contribution in [1.29, 1.82) is 0 Å². The summed E-state index contributed by atoms with van der Waals surface area (Å²) < 4.78 is 45.4. The zero-order valence-electron chi connectivity index (χ0n) is 10.6. The van der Waals surface area contributed by atoms with Gasteiger partial charge in [0.05, 0.1) is 6.10 Å². The Morgan fingerprint density at radius 2 is 2.25 bits per heavy atom. The van der Waals surface area contributed by atoms with E-state index in [4.69, 9.17) is 4.74 Å². The molecule has 1 aliphatic heterocycles. The van der Waals surface area contributed by atoms with Gasteiger partial charge >= 0.3 is 6.36 Å². The molecule has 20 heavy (non-hydrogen) atoms. The fourth-order valence-electron chi connectivity index (χ4n) is 1.95. The van der Waals surface area contributed by atoms with Crippen LogP contribution < -0.4 is 10.1 Å². The van der Waals surface area contributed by atoms with Crippen molar-refractivity contribution in [3.8, 4) is 5.75 Å². The average molecular weight is 289 g/mol. The van der Waals surface area contributed by atoms with Gasteiger partial charge in [0.15, 0.2) is 0 Å². The first-order valence-electron chi connectivity index (χ1n) is 6.20. The van der Waals surface area contributed by atoms with Gasteiger partial charge in [0.2, 0.25) is 0 Å². The number of hydrogen-bond donors (Lipinski definition) is 1. The number of hydrogen-bond acceptors (Lipinski definition) is 3. The number of alkyl halides is 3. The maximum atomic E-state index is 12.1. The van der Waals surface area contributed by atoms with Crippen LogP contribution in [0.5, 0.6) is 5.75 Å². The van der Waals surface area contributed by atoms with Gasteiger partial charge in [-0.1, -0.05) is 6.07 Å². The summed E-state index contributed by atoms with van der Waals surface area (Å²) in [5.74, 6) is -0.865. The van der Waals surface area contributed by atoms with Crippen molar-refractivity contribution in [3.05, 3.63) is 29.8 Å². The lowest BCUT2D eigenvalue weighted by Crippen LogP contribution is -2.31. The molecule has 7 heteroatoms. The van der Waals surface area contributed by atoms with E-state index in [-0.39, 0.29) is 11.7 Å². The van der Waals surface area contributed by atoms with E-state index in [1.54, 1.807) is 0 Å². The molecule has 0 spiro atoms. The Bertz CT molecular complexity index is 470. The molecule has 1 atom stereocenters. The van der Waals surface area contributed by atoms with E-state index in [0.717, 1.165) is 25.0 Å². The Labute approximate surface area is 113 Å². The SMILES string of the molecule is O=C(NCC1CCCO1)c1cccc(OC(F)(F)F)c1. The van der Waals surface area contributed by atoms with Gasteiger partial charge in [0.1, 0.15) is 5.75 Å². The summed E-state index contributed by atoms with van der Waals surface area (Å²) in [5, 5.41) is 2.63. The van der Waals surface area contributed by atoms with E-state index in [1.807, 2.05) is 0 Å². The van der Waals surface area contributed by atoms with Crippen LogP contribution in [0.2, 0.25) is 0 Å². The number of amides is 1. The van der Waals surface area contributed by atoms with E-state index < -0.39 is 18.0 Å². The monoisotopic (exact) mass is 289 g/mol. The molecule has 0 aromatic heterocycles. The molecule has 4 nitrogen and oxygen atoms in total. The molecule has 1 aliphatic rings. The van der Waals surface area contributed by atoms with Gasteiger partial charge < -0.3 is 14.8 Å².